The van der Waals surface area contributed by atoms with E-state index in [2.05, 4.69) is 6.58 Å². The molecule has 1 aliphatic rings. The molecular weight excluding hydrogens is 548 g/mol. The molecule has 0 atom stereocenters. The highest BCUT2D eigenvalue weighted by atomic mass is 35.5. The Morgan fingerprint density at radius 3 is 2.47 bits per heavy atom. The Morgan fingerprint density at radius 1 is 1.03 bits per heavy atom. The van der Waals surface area contributed by atoms with E-state index < -0.39 is 17.0 Å². The van der Waals surface area contributed by atoms with Crippen LogP contribution in [0.4, 0.5) is 9.18 Å². The van der Waals surface area contributed by atoms with Crippen LogP contribution in [0.1, 0.15) is 29.2 Å². The molecule has 0 saturated carbocycles. The highest BCUT2D eigenvalue weighted by Gasteiger charge is 2.35. The smallest absolute Gasteiger partial charge is 0.293 e. The van der Waals surface area contributed by atoms with Gasteiger partial charge in [0.15, 0.2) is 11.5 Å². The summed E-state index contributed by atoms with van der Waals surface area (Å²) in [7, 11) is 0. The zero-order valence-corrected chi connectivity index (χ0v) is 22.8. The molecule has 0 aromatic heterocycles. The molecule has 1 saturated heterocycles. The second-order valence-corrected chi connectivity index (χ2v) is 10.2. The van der Waals surface area contributed by atoms with Gasteiger partial charge in [0, 0.05) is 15.6 Å². The third-order valence-electron chi connectivity index (χ3n) is 5.63. The normalized spacial score (nSPS) is 14.3. The number of nitrogens with zero attached hydrogens (tertiary/aromatic N) is 1. The van der Waals surface area contributed by atoms with E-state index in [1.165, 1.54) is 12.1 Å². The molecule has 9 heteroatoms. The third kappa shape index (κ3) is 6.59. The average Bonchev–Trinajstić information content (AvgIpc) is 3.13. The monoisotopic (exact) mass is 571 g/mol. The number of ether oxygens (including phenoxy) is 2. The van der Waals surface area contributed by atoms with Crippen molar-refractivity contribution in [3.63, 3.8) is 0 Å². The molecule has 0 N–H and O–H groups in total. The van der Waals surface area contributed by atoms with Gasteiger partial charge in [-0.3, -0.25) is 14.5 Å². The van der Waals surface area contributed by atoms with Crippen molar-refractivity contribution in [3.8, 4) is 11.5 Å². The molecule has 0 aliphatic carbocycles. The molecule has 38 heavy (non-hydrogen) atoms. The molecule has 2 amide bonds. The summed E-state index contributed by atoms with van der Waals surface area (Å²) in [6.45, 7) is 6.38. The topological polar surface area (TPSA) is 55.8 Å². The molecule has 3 aromatic rings. The van der Waals surface area contributed by atoms with Crippen molar-refractivity contribution in [2.45, 2.75) is 26.5 Å². The molecule has 0 radical (unpaired) electrons. The van der Waals surface area contributed by atoms with Gasteiger partial charge in [-0.1, -0.05) is 47.5 Å². The van der Waals surface area contributed by atoms with Gasteiger partial charge in [0.2, 0.25) is 0 Å². The minimum absolute atomic E-state index is 0.0511. The molecule has 0 unspecified atom stereocenters. The van der Waals surface area contributed by atoms with Gasteiger partial charge in [0.25, 0.3) is 11.1 Å². The SMILES string of the molecule is C=CCc1cc(/C=C2\SC(=O)N(Cc3ccc(F)cc3Cl)C2=O)cc(OCC)c1OCc1ccc(Cl)cc1. The van der Waals surface area contributed by atoms with Gasteiger partial charge in [0.05, 0.1) is 18.1 Å². The fourth-order valence-corrected chi connectivity index (χ4v) is 5.04. The first-order valence-corrected chi connectivity index (χ1v) is 13.3. The first-order chi connectivity index (χ1) is 18.3. The van der Waals surface area contributed by atoms with Crippen molar-refractivity contribution in [3.05, 3.63) is 110 Å². The Kier molecular flexibility index (Phi) is 9.15. The van der Waals surface area contributed by atoms with E-state index in [4.69, 9.17) is 32.7 Å². The van der Waals surface area contributed by atoms with Crippen molar-refractivity contribution in [2.75, 3.05) is 6.61 Å². The highest BCUT2D eigenvalue weighted by Crippen LogP contribution is 2.38. The van der Waals surface area contributed by atoms with Crippen LogP contribution in [0.25, 0.3) is 6.08 Å². The van der Waals surface area contributed by atoms with Gasteiger partial charge >= 0.3 is 0 Å². The molecule has 5 nitrogen and oxygen atoms in total. The molecule has 1 aliphatic heterocycles. The zero-order valence-electron chi connectivity index (χ0n) is 20.5. The molecule has 0 spiro atoms. The molecule has 1 fully saturated rings. The van der Waals surface area contributed by atoms with Gasteiger partial charge < -0.3 is 9.47 Å². The van der Waals surface area contributed by atoms with Crippen LogP contribution in [0.5, 0.6) is 11.5 Å². The lowest BCUT2D eigenvalue weighted by Crippen LogP contribution is -2.27. The van der Waals surface area contributed by atoms with Gasteiger partial charge in [-0.05, 0) is 84.3 Å². The number of hydrogen-bond donors (Lipinski definition) is 0. The zero-order chi connectivity index (χ0) is 27.2. The van der Waals surface area contributed by atoms with Crippen molar-refractivity contribution < 1.29 is 23.5 Å². The number of imide groups is 1. The van der Waals surface area contributed by atoms with Gasteiger partial charge in [-0.15, -0.1) is 6.58 Å². The predicted molar refractivity (Wildman–Crippen MR) is 150 cm³/mol. The van der Waals surface area contributed by atoms with Crippen LogP contribution in [0.2, 0.25) is 10.0 Å². The number of carbonyl (C=O) groups is 2. The molecule has 1 heterocycles. The highest BCUT2D eigenvalue weighted by molar-refractivity contribution is 8.18. The average molecular weight is 572 g/mol. The Labute approximate surface area is 234 Å². The molecule has 4 rings (SSSR count). The Morgan fingerprint density at radius 2 is 1.79 bits per heavy atom. The third-order valence-corrected chi connectivity index (χ3v) is 7.14. The molecule has 196 valence electrons. The summed E-state index contributed by atoms with van der Waals surface area (Å²) in [5, 5.41) is 0.365. The number of thioether (sulfide) groups is 1. The number of halogens is 3. The van der Waals surface area contributed by atoms with Crippen LogP contribution in [-0.2, 0) is 24.4 Å². The summed E-state index contributed by atoms with van der Waals surface area (Å²) in [5.74, 6) is 0.155. The number of carbonyl (C=O) groups excluding carboxylic acids is 2. The number of rotatable bonds is 10. The number of hydrogen-bond acceptors (Lipinski definition) is 5. The second-order valence-electron chi connectivity index (χ2n) is 8.35. The first kappa shape index (κ1) is 27.8. The minimum Gasteiger partial charge on any atom is -0.490 e. The molecular formula is C29H24Cl2FNO4S. The van der Waals surface area contributed by atoms with Crippen LogP contribution in [0.15, 0.2) is 72.2 Å². The number of benzene rings is 3. The Hall–Kier alpha value is -3.26. The Balaban J connectivity index is 1.61. The summed E-state index contributed by atoms with van der Waals surface area (Å²) in [5.41, 5.74) is 2.92. The van der Waals surface area contributed by atoms with Crippen LogP contribution in [0, 0.1) is 5.82 Å². The summed E-state index contributed by atoms with van der Waals surface area (Å²) >= 11 is 12.9. The summed E-state index contributed by atoms with van der Waals surface area (Å²) in [6.07, 6.45) is 3.90. The lowest BCUT2D eigenvalue weighted by atomic mass is 10.0. The van der Waals surface area contributed by atoms with Crippen molar-refractivity contribution >= 4 is 52.2 Å². The van der Waals surface area contributed by atoms with E-state index >= 15 is 0 Å². The van der Waals surface area contributed by atoms with E-state index in [0.717, 1.165) is 33.9 Å². The van der Waals surface area contributed by atoms with Crippen molar-refractivity contribution in [1.29, 1.82) is 0 Å². The van der Waals surface area contributed by atoms with Gasteiger partial charge in [-0.25, -0.2) is 4.39 Å². The van der Waals surface area contributed by atoms with Gasteiger partial charge in [-0.2, -0.15) is 0 Å². The van der Waals surface area contributed by atoms with Gasteiger partial charge in [0.1, 0.15) is 12.4 Å². The summed E-state index contributed by atoms with van der Waals surface area (Å²) in [4.78, 5) is 27.1. The standard InChI is InChI=1S/C29H24Cl2FNO4S/c1-3-5-20-12-19(13-25(36-4-2)27(20)37-17-18-6-9-22(30)10-7-18)14-26-28(34)33(29(35)38-26)16-21-8-11-23(32)15-24(21)31/h3,6-15H,1,4-5,16-17H2,2H3/b26-14-. The van der Waals surface area contributed by atoms with E-state index in [-0.39, 0.29) is 16.5 Å². The van der Waals surface area contributed by atoms with Crippen LogP contribution in [-0.4, -0.2) is 22.7 Å². The number of allylic oxidation sites excluding steroid dienone is 1. The summed E-state index contributed by atoms with van der Waals surface area (Å²) in [6, 6.07) is 14.9. The van der Waals surface area contributed by atoms with E-state index in [1.54, 1.807) is 30.4 Å². The fourth-order valence-electron chi connectivity index (χ4n) is 3.84. The second kappa shape index (κ2) is 12.5. The van der Waals surface area contributed by atoms with Crippen LogP contribution in [0.3, 0.4) is 0 Å². The predicted octanol–water partition coefficient (Wildman–Crippen LogP) is 8.08. The first-order valence-electron chi connectivity index (χ1n) is 11.8. The van der Waals surface area contributed by atoms with Crippen molar-refractivity contribution in [2.24, 2.45) is 0 Å². The molecule has 0 bridgehead atoms. The Bertz CT molecular complexity index is 1410. The number of amides is 2. The van der Waals surface area contributed by atoms with E-state index in [0.29, 0.717) is 47.3 Å². The maximum absolute atomic E-state index is 13.4. The maximum atomic E-state index is 13.4. The summed E-state index contributed by atoms with van der Waals surface area (Å²) < 4.78 is 25.4. The lowest BCUT2D eigenvalue weighted by molar-refractivity contribution is -0.123. The largest absolute Gasteiger partial charge is 0.490 e. The fraction of sp³-hybridized carbons (Fsp3) is 0.172. The van der Waals surface area contributed by atoms with Crippen molar-refractivity contribution in [1.82, 2.24) is 4.90 Å². The van der Waals surface area contributed by atoms with Crippen LogP contribution < -0.4 is 9.47 Å². The maximum Gasteiger partial charge on any atom is 0.293 e. The van der Waals surface area contributed by atoms with E-state index in [1.807, 2.05) is 25.1 Å². The lowest BCUT2D eigenvalue weighted by Gasteiger charge is -2.17. The quantitative estimate of drug-likeness (QED) is 0.182. The van der Waals surface area contributed by atoms with E-state index in [9.17, 15) is 14.0 Å². The van der Waals surface area contributed by atoms with Crippen LogP contribution >= 0.6 is 35.0 Å². The minimum atomic E-state index is -0.492. The molecule has 3 aromatic carbocycles.